The number of aliphatic imine (C=N–C) groups is 1. The number of anilines is 1. The van der Waals surface area contributed by atoms with Gasteiger partial charge >= 0.3 is 0 Å². The Morgan fingerprint density at radius 3 is 2.83 bits per heavy atom. The standard InChI is InChI=1S/C24H29N5/c1-5-6-19-9-18(4)24(28-13-19)29-8-7-23-21(16-29)10-20(15-27-23)22(11-25)14-26-12-17(2)3/h9-11,13-15,17H,7-8,12,16,25H2,1-4H3. The Labute approximate surface area is 173 Å². The molecule has 0 fully saturated rings. The molecule has 2 aromatic rings. The van der Waals surface area contributed by atoms with Gasteiger partial charge in [0, 0.05) is 73.3 Å². The summed E-state index contributed by atoms with van der Waals surface area (Å²) in [6.45, 7) is 10.7. The summed E-state index contributed by atoms with van der Waals surface area (Å²) in [6.07, 6.45) is 8.10. The van der Waals surface area contributed by atoms with Crippen molar-refractivity contribution < 1.29 is 0 Å². The molecule has 0 amide bonds. The lowest BCUT2D eigenvalue weighted by Gasteiger charge is -2.30. The number of hydrogen-bond donors (Lipinski definition) is 1. The number of fused-ring (bicyclic) bond motifs is 1. The number of nitrogens with zero attached hydrogens (tertiary/aromatic N) is 4. The summed E-state index contributed by atoms with van der Waals surface area (Å²) < 4.78 is 0. The summed E-state index contributed by atoms with van der Waals surface area (Å²) >= 11 is 0. The molecule has 0 radical (unpaired) electrons. The summed E-state index contributed by atoms with van der Waals surface area (Å²) in [5.41, 5.74) is 12.2. The van der Waals surface area contributed by atoms with Crippen molar-refractivity contribution in [2.24, 2.45) is 16.6 Å². The fourth-order valence-electron chi connectivity index (χ4n) is 3.45. The molecule has 0 spiro atoms. The maximum atomic E-state index is 5.86. The first-order valence-electron chi connectivity index (χ1n) is 10.1. The van der Waals surface area contributed by atoms with E-state index in [0.717, 1.165) is 59.8 Å². The van der Waals surface area contributed by atoms with Crippen LogP contribution in [-0.2, 0) is 13.0 Å². The van der Waals surface area contributed by atoms with Gasteiger partial charge in [-0.05, 0) is 43.0 Å². The fourth-order valence-corrected chi connectivity index (χ4v) is 3.45. The number of pyridine rings is 2. The molecule has 5 nitrogen and oxygen atoms in total. The normalized spacial score (nSPS) is 14.1. The van der Waals surface area contributed by atoms with Crippen LogP contribution in [0.5, 0.6) is 0 Å². The highest BCUT2D eigenvalue weighted by Gasteiger charge is 2.20. The van der Waals surface area contributed by atoms with Crippen molar-refractivity contribution in [1.29, 1.82) is 0 Å². The summed E-state index contributed by atoms with van der Waals surface area (Å²) in [6, 6.07) is 4.28. The van der Waals surface area contributed by atoms with Crippen LogP contribution in [0.15, 0.2) is 35.7 Å². The van der Waals surface area contributed by atoms with Gasteiger partial charge in [0.1, 0.15) is 5.82 Å². The third-order valence-electron chi connectivity index (χ3n) is 4.87. The molecule has 0 aromatic carbocycles. The Kier molecular flexibility index (Phi) is 6.66. The van der Waals surface area contributed by atoms with Crippen molar-refractivity contribution in [3.63, 3.8) is 0 Å². The van der Waals surface area contributed by atoms with E-state index in [0.29, 0.717) is 5.92 Å². The van der Waals surface area contributed by atoms with Crippen molar-refractivity contribution in [2.75, 3.05) is 18.0 Å². The highest BCUT2D eigenvalue weighted by Crippen LogP contribution is 2.26. The molecule has 1 aliphatic heterocycles. The van der Waals surface area contributed by atoms with Crippen LogP contribution >= 0.6 is 0 Å². The third kappa shape index (κ3) is 5.03. The zero-order chi connectivity index (χ0) is 20.8. The molecule has 3 rings (SSSR count). The molecule has 150 valence electrons. The van der Waals surface area contributed by atoms with E-state index in [4.69, 9.17) is 10.7 Å². The Balaban J connectivity index is 1.83. The molecule has 2 N–H and O–H groups in total. The van der Waals surface area contributed by atoms with Crippen LogP contribution in [0.1, 0.15) is 48.7 Å². The quantitative estimate of drug-likeness (QED) is 0.627. The predicted molar refractivity (Wildman–Crippen MR) is 121 cm³/mol. The molecule has 5 heteroatoms. The first-order chi connectivity index (χ1) is 14.0. The molecule has 0 unspecified atom stereocenters. The van der Waals surface area contributed by atoms with Crippen molar-refractivity contribution >= 4 is 17.6 Å². The molecule has 0 saturated heterocycles. The van der Waals surface area contributed by atoms with E-state index >= 15 is 0 Å². The average molecular weight is 388 g/mol. The largest absolute Gasteiger partial charge is 0.404 e. The second-order valence-electron chi connectivity index (χ2n) is 7.75. The Morgan fingerprint density at radius 2 is 2.14 bits per heavy atom. The fraction of sp³-hybridized carbons (Fsp3) is 0.375. The molecule has 1 aliphatic rings. The summed E-state index contributed by atoms with van der Waals surface area (Å²) in [5.74, 6) is 7.53. The van der Waals surface area contributed by atoms with Gasteiger partial charge in [-0.15, -0.1) is 5.92 Å². The van der Waals surface area contributed by atoms with E-state index in [1.165, 1.54) is 5.56 Å². The topological polar surface area (TPSA) is 67.4 Å². The maximum absolute atomic E-state index is 5.86. The summed E-state index contributed by atoms with van der Waals surface area (Å²) in [7, 11) is 0. The van der Waals surface area contributed by atoms with Crippen LogP contribution in [0.2, 0.25) is 0 Å². The second-order valence-corrected chi connectivity index (χ2v) is 7.75. The third-order valence-corrected chi connectivity index (χ3v) is 4.87. The highest BCUT2D eigenvalue weighted by atomic mass is 15.2. The van der Waals surface area contributed by atoms with Crippen molar-refractivity contribution in [3.8, 4) is 11.8 Å². The lowest BCUT2D eigenvalue weighted by atomic mass is 10.0. The van der Waals surface area contributed by atoms with Gasteiger partial charge in [-0.2, -0.15) is 0 Å². The molecule has 0 atom stereocenters. The first-order valence-corrected chi connectivity index (χ1v) is 10.1. The van der Waals surface area contributed by atoms with Crippen molar-refractivity contribution in [3.05, 3.63) is 58.7 Å². The lowest BCUT2D eigenvalue weighted by molar-refractivity contribution is 0.667. The van der Waals surface area contributed by atoms with Gasteiger partial charge in [0.05, 0.1) is 0 Å². The number of hydrogen-bond acceptors (Lipinski definition) is 5. The van der Waals surface area contributed by atoms with Crippen LogP contribution in [-0.4, -0.2) is 29.3 Å². The molecule has 0 saturated carbocycles. The average Bonchev–Trinajstić information content (AvgIpc) is 2.70. The number of rotatable bonds is 5. The van der Waals surface area contributed by atoms with Crippen LogP contribution < -0.4 is 10.6 Å². The lowest BCUT2D eigenvalue weighted by Crippen LogP contribution is -2.32. The zero-order valence-corrected chi connectivity index (χ0v) is 17.7. The molecule has 2 aromatic heterocycles. The minimum Gasteiger partial charge on any atom is -0.404 e. The molecular weight excluding hydrogens is 358 g/mol. The van der Waals surface area contributed by atoms with E-state index < -0.39 is 0 Å². The van der Waals surface area contributed by atoms with E-state index in [-0.39, 0.29) is 0 Å². The number of allylic oxidation sites excluding steroid dienone is 1. The van der Waals surface area contributed by atoms with E-state index in [1.807, 2.05) is 25.5 Å². The number of nitrogens with two attached hydrogens (primary N) is 1. The van der Waals surface area contributed by atoms with E-state index in [2.05, 4.69) is 59.6 Å². The van der Waals surface area contributed by atoms with E-state index in [1.54, 1.807) is 6.20 Å². The Bertz CT molecular complexity index is 992. The SMILES string of the molecule is CC#Cc1cnc(N2CCc3ncc(C(C=NCC(C)C)=CN)cc3C2)c(C)c1. The van der Waals surface area contributed by atoms with Gasteiger partial charge in [-0.3, -0.25) is 9.98 Å². The van der Waals surface area contributed by atoms with Gasteiger partial charge in [-0.25, -0.2) is 4.98 Å². The maximum Gasteiger partial charge on any atom is 0.131 e. The minimum atomic E-state index is 0.519. The molecular formula is C24H29N5. The van der Waals surface area contributed by atoms with Gasteiger partial charge in [0.25, 0.3) is 0 Å². The van der Waals surface area contributed by atoms with Crippen LogP contribution in [0, 0.1) is 24.7 Å². The summed E-state index contributed by atoms with van der Waals surface area (Å²) in [5, 5.41) is 0. The zero-order valence-electron chi connectivity index (χ0n) is 17.7. The number of aryl methyl sites for hydroxylation is 1. The number of aromatic nitrogens is 2. The van der Waals surface area contributed by atoms with Crippen LogP contribution in [0.3, 0.4) is 0 Å². The molecule has 0 bridgehead atoms. The first kappa shape index (κ1) is 20.6. The van der Waals surface area contributed by atoms with Crippen molar-refractivity contribution in [1.82, 2.24) is 9.97 Å². The van der Waals surface area contributed by atoms with Crippen LogP contribution in [0.4, 0.5) is 5.82 Å². The van der Waals surface area contributed by atoms with Crippen LogP contribution in [0.25, 0.3) is 5.57 Å². The van der Waals surface area contributed by atoms with E-state index in [9.17, 15) is 0 Å². The van der Waals surface area contributed by atoms with Gasteiger partial charge in [-0.1, -0.05) is 19.8 Å². The minimum absolute atomic E-state index is 0.519. The second kappa shape index (κ2) is 9.38. The summed E-state index contributed by atoms with van der Waals surface area (Å²) in [4.78, 5) is 16.2. The molecule has 0 aliphatic carbocycles. The molecule has 3 heterocycles. The van der Waals surface area contributed by atoms with Gasteiger partial charge < -0.3 is 10.6 Å². The predicted octanol–water partition coefficient (Wildman–Crippen LogP) is 3.75. The molecule has 29 heavy (non-hydrogen) atoms. The van der Waals surface area contributed by atoms with Gasteiger partial charge in [0.15, 0.2) is 0 Å². The highest BCUT2D eigenvalue weighted by molar-refractivity contribution is 6.09. The Hall–Kier alpha value is -3.13. The van der Waals surface area contributed by atoms with Gasteiger partial charge in [0.2, 0.25) is 0 Å². The smallest absolute Gasteiger partial charge is 0.131 e. The van der Waals surface area contributed by atoms with Crippen molar-refractivity contribution in [2.45, 2.75) is 40.7 Å². The Morgan fingerprint density at radius 1 is 1.31 bits per heavy atom. The monoisotopic (exact) mass is 387 g/mol.